The van der Waals surface area contributed by atoms with Gasteiger partial charge in [-0.2, -0.15) is 5.10 Å². The summed E-state index contributed by atoms with van der Waals surface area (Å²) in [4.78, 5) is 28.2. The molecular formula is C24H22N4O3. The van der Waals surface area contributed by atoms with E-state index >= 15 is 0 Å². The van der Waals surface area contributed by atoms with Gasteiger partial charge in [0.1, 0.15) is 12.4 Å². The molecule has 0 radical (unpaired) electrons. The van der Waals surface area contributed by atoms with Crippen LogP contribution in [0.2, 0.25) is 0 Å². The molecule has 0 fully saturated rings. The minimum atomic E-state index is -0.121. The number of hydrogen-bond donors (Lipinski definition) is 1. The predicted molar refractivity (Wildman–Crippen MR) is 117 cm³/mol. The second kappa shape index (κ2) is 9.67. The molecule has 7 heteroatoms. The van der Waals surface area contributed by atoms with Crippen LogP contribution in [0.4, 0.5) is 0 Å². The molecule has 0 aliphatic carbocycles. The number of hydrogen-bond acceptors (Lipinski definition) is 5. The van der Waals surface area contributed by atoms with Gasteiger partial charge in [-0.05, 0) is 35.9 Å². The van der Waals surface area contributed by atoms with E-state index in [1.165, 1.54) is 6.20 Å². The molecule has 2 aromatic carbocycles. The maximum atomic E-state index is 12.3. The largest absolute Gasteiger partial charge is 0.489 e. The van der Waals surface area contributed by atoms with Gasteiger partial charge in [0, 0.05) is 36.3 Å². The number of fused-ring (bicyclic) bond motifs is 1. The second-order valence-electron chi connectivity index (χ2n) is 7.07. The van der Waals surface area contributed by atoms with E-state index in [0.29, 0.717) is 25.1 Å². The Morgan fingerprint density at radius 3 is 2.61 bits per heavy atom. The number of amides is 1. The highest BCUT2D eigenvalue weighted by molar-refractivity contribution is 5.79. The average molecular weight is 414 g/mol. The Labute approximate surface area is 179 Å². The number of nitrogens with one attached hydrogen (secondary N) is 1. The van der Waals surface area contributed by atoms with Crippen LogP contribution in [-0.4, -0.2) is 20.7 Å². The van der Waals surface area contributed by atoms with E-state index in [1.54, 1.807) is 23.1 Å². The molecule has 0 saturated carbocycles. The molecule has 1 amide bonds. The van der Waals surface area contributed by atoms with Crippen LogP contribution < -0.4 is 15.5 Å². The van der Waals surface area contributed by atoms with E-state index in [4.69, 9.17) is 4.74 Å². The number of carbonyl (C=O) groups excluding carboxylic acids is 1. The number of rotatable bonds is 8. The molecule has 4 aromatic rings. The van der Waals surface area contributed by atoms with Gasteiger partial charge in [-0.3, -0.25) is 19.3 Å². The Bertz CT molecular complexity index is 1220. The van der Waals surface area contributed by atoms with Crippen LogP contribution in [0, 0.1) is 0 Å². The van der Waals surface area contributed by atoms with Gasteiger partial charge in [-0.25, -0.2) is 0 Å². The van der Waals surface area contributed by atoms with Crippen molar-refractivity contribution in [3.8, 4) is 5.75 Å². The van der Waals surface area contributed by atoms with E-state index in [0.717, 1.165) is 22.4 Å². The Balaban J connectivity index is 1.26. The van der Waals surface area contributed by atoms with Gasteiger partial charge in [0.05, 0.1) is 18.3 Å². The summed E-state index contributed by atoms with van der Waals surface area (Å²) in [6.45, 7) is 1.28. The third-order valence-corrected chi connectivity index (χ3v) is 4.85. The number of ether oxygens (including phenoxy) is 1. The zero-order chi connectivity index (χ0) is 21.5. The van der Waals surface area contributed by atoms with E-state index < -0.39 is 0 Å². The maximum Gasteiger partial charge on any atom is 0.222 e. The molecule has 7 nitrogen and oxygen atoms in total. The molecule has 2 aromatic heterocycles. The first kappa shape index (κ1) is 20.3. The summed E-state index contributed by atoms with van der Waals surface area (Å²) < 4.78 is 7.43. The number of para-hydroxylation sites is 1. The van der Waals surface area contributed by atoms with Crippen molar-refractivity contribution in [2.24, 2.45) is 0 Å². The Morgan fingerprint density at radius 2 is 1.81 bits per heavy atom. The number of pyridine rings is 1. The highest BCUT2D eigenvalue weighted by Crippen LogP contribution is 2.14. The molecular weight excluding hydrogens is 392 g/mol. The minimum Gasteiger partial charge on any atom is -0.489 e. The van der Waals surface area contributed by atoms with Crippen molar-refractivity contribution in [2.75, 3.05) is 0 Å². The quantitative estimate of drug-likeness (QED) is 0.479. The first-order chi connectivity index (χ1) is 15.2. The van der Waals surface area contributed by atoms with Crippen LogP contribution in [0.3, 0.4) is 0 Å². The van der Waals surface area contributed by atoms with Crippen LogP contribution in [0.15, 0.2) is 84.0 Å². The summed E-state index contributed by atoms with van der Waals surface area (Å²) in [7, 11) is 0. The van der Waals surface area contributed by atoms with Crippen molar-refractivity contribution in [3.63, 3.8) is 0 Å². The van der Waals surface area contributed by atoms with Gasteiger partial charge < -0.3 is 10.1 Å². The van der Waals surface area contributed by atoms with Gasteiger partial charge >= 0.3 is 0 Å². The molecule has 2 heterocycles. The molecule has 0 saturated heterocycles. The van der Waals surface area contributed by atoms with Crippen molar-refractivity contribution in [1.29, 1.82) is 0 Å². The zero-order valence-electron chi connectivity index (χ0n) is 16.9. The third-order valence-electron chi connectivity index (χ3n) is 4.85. The number of aryl methyl sites for hydroxylation is 1. The van der Waals surface area contributed by atoms with E-state index in [2.05, 4.69) is 15.4 Å². The van der Waals surface area contributed by atoms with Crippen LogP contribution in [0.1, 0.15) is 17.5 Å². The fourth-order valence-corrected chi connectivity index (χ4v) is 3.19. The highest BCUT2D eigenvalue weighted by Gasteiger charge is 2.07. The van der Waals surface area contributed by atoms with E-state index in [-0.39, 0.29) is 17.8 Å². The fourth-order valence-electron chi connectivity index (χ4n) is 3.19. The van der Waals surface area contributed by atoms with Crippen molar-refractivity contribution in [1.82, 2.24) is 20.1 Å². The van der Waals surface area contributed by atoms with Crippen LogP contribution in [0.25, 0.3) is 10.9 Å². The lowest BCUT2D eigenvalue weighted by molar-refractivity contribution is -0.121. The standard InChI is InChI=1S/C24H22N4O3/c29-23-16-27-28(22-6-2-1-5-21(22)23)13-11-24(30)26-15-18-7-9-20(10-8-18)31-17-19-4-3-12-25-14-19/h1-10,12,14,16H,11,13,15,17H2,(H,26,30). The molecule has 4 rings (SSSR count). The fraction of sp³-hybridized carbons (Fsp3) is 0.167. The lowest BCUT2D eigenvalue weighted by Gasteiger charge is -2.10. The van der Waals surface area contributed by atoms with Gasteiger partial charge in [0.15, 0.2) is 0 Å². The average Bonchev–Trinajstić information content (AvgIpc) is 2.82. The minimum absolute atomic E-state index is 0.0820. The first-order valence-electron chi connectivity index (χ1n) is 10.0. The molecule has 156 valence electrons. The van der Waals surface area contributed by atoms with Gasteiger partial charge in [-0.15, -0.1) is 0 Å². The number of nitrogens with zero attached hydrogens (tertiary/aromatic N) is 3. The molecule has 0 atom stereocenters. The normalized spacial score (nSPS) is 10.7. The number of carbonyl (C=O) groups is 1. The smallest absolute Gasteiger partial charge is 0.222 e. The first-order valence-corrected chi connectivity index (χ1v) is 10.0. The van der Waals surface area contributed by atoms with E-state index in [1.807, 2.05) is 54.6 Å². The van der Waals surface area contributed by atoms with Crippen molar-refractivity contribution < 1.29 is 9.53 Å². The Kier molecular flexibility index (Phi) is 6.32. The monoisotopic (exact) mass is 414 g/mol. The molecule has 1 N–H and O–H groups in total. The van der Waals surface area contributed by atoms with Crippen molar-refractivity contribution in [3.05, 3.63) is 101 Å². The summed E-state index contributed by atoms with van der Waals surface area (Å²) >= 11 is 0. The summed E-state index contributed by atoms with van der Waals surface area (Å²) in [6, 6.07) is 18.7. The maximum absolute atomic E-state index is 12.3. The number of aromatic nitrogens is 3. The van der Waals surface area contributed by atoms with Crippen LogP contribution >= 0.6 is 0 Å². The summed E-state index contributed by atoms with van der Waals surface area (Å²) in [5, 5.41) is 7.67. The van der Waals surface area contributed by atoms with Crippen LogP contribution in [0.5, 0.6) is 5.75 Å². The van der Waals surface area contributed by atoms with Crippen molar-refractivity contribution >= 4 is 16.8 Å². The van der Waals surface area contributed by atoms with Crippen molar-refractivity contribution in [2.45, 2.75) is 26.1 Å². The summed E-state index contributed by atoms with van der Waals surface area (Å²) in [6.07, 6.45) is 5.06. The predicted octanol–water partition coefficient (Wildman–Crippen LogP) is 3.08. The number of benzene rings is 2. The highest BCUT2D eigenvalue weighted by atomic mass is 16.5. The van der Waals surface area contributed by atoms with Gasteiger partial charge in [-0.1, -0.05) is 30.3 Å². The molecule has 0 bridgehead atoms. The Hall–Kier alpha value is -4.00. The molecule has 0 spiro atoms. The van der Waals surface area contributed by atoms with E-state index in [9.17, 15) is 9.59 Å². The second-order valence-corrected chi connectivity index (χ2v) is 7.07. The molecule has 0 aliphatic rings. The molecule has 0 aliphatic heterocycles. The SMILES string of the molecule is O=C(CCn1ncc(=O)c2ccccc21)NCc1ccc(OCc2cccnc2)cc1. The van der Waals surface area contributed by atoms with Gasteiger partial charge in [0.25, 0.3) is 0 Å². The summed E-state index contributed by atoms with van der Waals surface area (Å²) in [5.41, 5.74) is 2.59. The zero-order valence-corrected chi connectivity index (χ0v) is 16.9. The Morgan fingerprint density at radius 1 is 0.968 bits per heavy atom. The molecule has 0 unspecified atom stereocenters. The van der Waals surface area contributed by atoms with Gasteiger partial charge in [0.2, 0.25) is 11.3 Å². The third kappa shape index (κ3) is 5.33. The van der Waals surface area contributed by atoms with Crippen LogP contribution in [-0.2, 0) is 24.5 Å². The summed E-state index contributed by atoms with van der Waals surface area (Å²) in [5.74, 6) is 0.677. The molecule has 31 heavy (non-hydrogen) atoms. The lowest BCUT2D eigenvalue weighted by Crippen LogP contribution is -2.24. The topological polar surface area (TPSA) is 86.1 Å². The lowest BCUT2D eigenvalue weighted by atomic mass is 10.2.